The molecule has 0 spiro atoms. The molecule has 2 aromatic carbocycles. The van der Waals surface area contributed by atoms with Gasteiger partial charge in [0, 0.05) is 0 Å². The van der Waals surface area contributed by atoms with Crippen LogP contribution < -0.4 is 4.74 Å². The van der Waals surface area contributed by atoms with E-state index in [1.54, 1.807) is 7.11 Å². The van der Waals surface area contributed by atoms with E-state index in [-0.39, 0.29) is 32.3 Å². The average molecular weight is 414 g/mol. The number of esters is 1. The third kappa shape index (κ3) is 4.24. The summed E-state index contributed by atoms with van der Waals surface area (Å²) < 4.78 is 11.1. The third-order valence-corrected chi connectivity index (χ3v) is 6.71. The second-order valence-corrected chi connectivity index (χ2v) is 8.60. The second kappa shape index (κ2) is 8.35. The van der Waals surface area contributed by atoms with Crippen molar-refractivity contribution in [1.29, 1.82) is 5.41 Å². The standard InChI is InChI=1S/C21H21NO3Se/c1-14-12-18(16-8-10-17(24-2)11-9-16)26-20(22)19(14)21(23)25-13-15-6-4-3-5-7-15/h3-12,18-19,22H,13H2,1-2H3. The van der Waals surface area contributed by atoms with Crippen LogP contribution in [0.1, 0.15) is 22.9 Å². The van der Waals surface area contributed by atoms with Crippen LogP contribution in [0.2, 0.25) is 0 Å². The van der Waals surface area contributed by atoms with Crippen molar-refractivity contribution in [2.75, 3.05) is 7.11 Å². The summed E-state index contributed by atoms with van der Waals surface area (Å²) in [5.41, 5.74) is 2.99. The Balaban J connectivity index is 1.69. The van der Waals surface area contributed by atoms with E-state index in [0.29, 0.717) is 4.61 Å². The van der Waals surface area contributed by atoms with Crippen molar-refractivity contribution in [3.05, 3.63) is 77.4 Å². The van der Waals surface area contributed by atoms with Gasteiger partial charge in [0.2, 0.25) is 0 Å². The monoisotopic (exact) mass is 415 g/mol. The van der Waals surface area contributed by atoms with Crippen molar-refractivity contribution in [3.63, 3.8) is 0 Å². The Morgan fingerprint density at radius 3 is 2.42 bits per heavy atom. The number of allylic oxidation sites excluding steroid dienone is 1. The van der Waals surface area contributed by atoms with Gasteiger partial charge in [0.25, 0.3) is 0 Å². The molecule has 2 aromatic rings. The Labute approximate surface area is 159 Å². The molecule has 1 aliphatic heterocycles. The van der Waals surface area contributed by atoms with E-state index in [4.69, 9.17) is 14.9 Å². The molecular weight excluding hydrogens is 393 g/mol. The third-order valence-electron chi connectivity index (χ3n) is 4.29. The molecule has 134 valence electrons. The fourth-order valence-corrected chi connectivity index (χ4v) is 5.50. The van der Waals surface area contributed by atoms with Crippen molar-refractivity contribution < 1.29 is 14.3 Å². The average Bonchev–Trinajstić information content (AvgIpc) is 2.66. The molecule has 0 aromatic heterocycles. The maximum atomic E-state index is 12.5. The second-order valence-electron chi connectivity index (χ2n) is 6.11. The number of methoxy groups -OCH3 is 1. The molecular formula is C21H21NO3Se. The van der Waals surface area contributed by atoms with E-state index in [1.165, 1.54) is 0 Å². The Morgan fingerprint density at radius 1 is 1.12 bits per heavy atom. The van der Waals surface area contributed by atoms with Crippen molar-refractivity contribution >= 4 is 25.5 Å². The summed E-state index contributed by atoms with van der Waals surface area (Å²) in [7, 11) is 1.64. The van der Waals surface area contributed by atoms with Crippen LogP contribution in [0, 0.1) is 11.3 Å². The van der Waals surface area contributed by atoms with Crippen LogP contribution in [0.15, 0.2) is 66.2 Å². The van der Waals surface area contributed by atoms with Gasteiger partial charge < -0.3 is 0 Å². The number of hydrogen-bond donors (Lipinski definition) is 1. The summed E-state index contributed by atoms with van der Waals surface area (Å²) in [6.45, 7) is 2.15. The minimum absolute atomic E-state index is 0.121. The molecule has 0 saturated carbocycles. The molecule has 5 heteroatoms. The van der Waals surface area contributed by atoms with Crippen molar-refractivity contribution in [2.45, 2.75) is 18.3 Å². The number of ether oxygens (including phenoxy) is 2. The van der Waals surface area contributed by atoms with E-state index in [1.807, 2.05) is 61.5 Å². The zero-order valence-electron chi connectivity index (χ0n) is 14.8. The van der Waals surface area contributed by atoms with Crippen molar-refractivity contribution in [3.8, 4) is 5.75 Å². The topological polar surface area (TPSA) is 59.4 Å². The molecule has 3 rings (SSSR count). The first-order valence-corrected chi connectivity index (χ1v) is 10.2. The van der Waals surface area contributed by atoms with E-state index in [0.717, 1.165) is 22.4 Å². The normalized spacial score (nSPS) is 19.6. The Bertz CT molecular complexity index is 815. The zero-order valence-corrected chi connectivity index (χ0v) is 16.5. The van der Waals surface area contributed by atoms with Gasteiger partial charge in [-0.3, -0.25) is 0 Å². The van der Waals surface area contributed by atoms with Crippen LogP contribution in [0.3, 0.4) is 0 Å². The quantitative estimate of drug-likeness (QED) is 0.461. The van der Waals surface area contributed by atoms with E-state index in [2.05, 4.69) is 6.08 Å². The fourth-order valence-electron chi connectivity index (χ4n) is 2.84. The van der Waals surface area contributed by atoms with Crippen LogP contribution in [0.4, 0.5) is 0 Å². The number of rotatable bonds is 5. The van der Waals surface area contributed by atoms with Gasteiger partial charge in [0.1, 0.15) is 0 Å². The molecule has 0 saturated heterocycles. The van der Waals surface area contributed by atoms with Gasteiger partial charge in [-0.05, 0) is 0 Å². The SMILES string of the molecule is COc1ccc(C2C=C(C)C(C(=O)OCc3ccccc3)C(=N)[Se]2)cc1. The molecule has 0 fully saturated rings. The van der Waals surface area contributed by atoms with Gasteiger partial charge >= 0.3 is 160 Å². The van der Waals surface area contributed by atoms with Crippen LogP contribution in [-0.2, 0) is 16.1 Å². The van der Waals surface area contributed by atoms with Gasteiger partial charge in [0.05, 0.1) is 0 Å². The summed E-state index contributed by atoms with van der Waals surface area (Å²) in [6, 6.07) is 17.5. The first-order chi connectivity index (χ1) is 12.6. The maximum absolute atomic E-state index is 12.5. The fraction of sp³-hybridized carbons (Fsp3) is 0.238. The van der Waals surface area contributed by atoms with Gasteiger partial charge in [-0.2, -0.15) is 0 Å². The number of hydrogen-bond acceptors (Lipinski definition) is 4. The zero-order chi connectivity index (χ0) is 18.5. The summed E-state index contributed by atoms with van der Waals surface area (Å²) in [4.78, 5) is 12.7. The van der Waals surface area contributed by atoms with Crippen LogP contribution in [0.5, 0.6) is 5.75 Å². The molecule has 26 heavy (non-hydrogen) atoms. The molecule has 4 nitrogen and oxygen atoms in total. The summed E-state index contributed by atoms with van der Waals surface area (Å²) in [6.07, 6.45) is 2.11. The van der Waals surface area contributed by atoms with Crippen molar-refractivity contribution in [2.24, 2.45) is 5.92 Å². The van der Waals surface area contributed by atoms with Gasteiger partial charge in [-0.15, -0.1) is 0 Å². The summed E-state index contributed by atoms with van der Waals surface area (Å²) >= 11 is -0.121. The predicted octanol–water partition coefficient (Wildman–Crippen LogP) is 3.74. The first-order valence-electron chi connectivity index (χ1n) is 8.36. The molecule has 0 bridgehead atoms. The molecule has 0 amide bonds. The number of benzene rings is 2. The number of carbonyl (C=O) groups excluding carboxylic acids is 1. The van der Waals surface area contributed by atoms with E-state index in [9.17, 15) is 4.79 Å². The number of nitrogens with one attached hydrogen (secondary N) is 1. The van der Waals surface area contributed by atoms with Gasteiger partial charge in [-0.1, -0.05) is 0 Å². The van der Waals surface area contributed by atoms with Gasteiger partial charge in [0.15, 0.2) is 0 Å². The van der Waals surface area contributed by atoms with Gasteiger partial charge in [-0.25, -0.2) is 0 Å². The molecule has 1 heterocycles. The molecule has 2 atom stereocenters. The Morgan fingerprint density at radius 2 is 1.81 bits per heavy atom. The molecule has 0 aliphatic carbocycles. The molecule has 1 aliphatic rings. The minimum atomic E-state index is -0.548. The van der Waals surface area contributed by atoms with E-state index >= 15 is 0 Å². The predicted molar refractivity (Wildman–Crippen MR) is 103 cm³/mol. The van der Waals surface area contributed by atoms with Crippen LogP contribution in [0.25, 0.3) is 0 Å². The molecule has 2 unspecified atom stereocenters. The Hall–Kier alpha value is -2.36. The van der Waals surface area contributed by atoms with Crippen LogP contribution in [-0.4, -0.2) is 32.6 Å². The van der Waals surface area contributed by atoms with Crippen molar-refractivity contribution in [1.82, 2.24) is 0 Å². The van der Waals surface area contributed by atoms with Crippen LogP contribution >= 0.6 is 0 Å². The Kier molecular flexibility index (Phi) is 5.92. The number of carbonyl (C=O) groups is 1. The first kappa shape index (κ1) is 18.4. The van der Waals surface area contributed by atoms with E-state index < -0.39 is 5.92 Å². The molecule has 1 N–H and O–H groups in total. The summed E-state index contributed by atoms with van der Waals surface area (Å²) in [5.74, 6) is -0.0638. The molecule has 0 radical (unpaired) electrons. The summed E-state index contributed by atoms with van der Waals surface area (Å²) in [5, 5.41) is 8.41.